The van der Waals surface area contributed by atoms with E-state index in [1.54, 1.807) is 6.07 Å². The molecule has 86 valence electrons. The van der Waals surface area contributed by atoms with Crippen LogP contribution in [0.15, 0.2) is 24.4 Å². The van der Waals surface area contributed by atoms with Crippen LogP contribution in [-0.4, -0.2) is 4.57 Å². The van der Waals surface area contributed by atoms with Crippen LogP contribution < -0.4 is 0 Å². The Hall–Kier alpha value is -1.31. The van der Waals surface area contributed by atoms with E-state index in [1.165, 1.54) is 12.5 Å². The van der Waals surface area contributed by atoms with Crippen LogP contribution in [0.25, 0.3) is 10.9 Å². The summed E-state index contributed by atoms with van der Waals surface area (Å²) in [5.74, 6) is -0.156. The molecule has 0 bridgehead atoms. The molecule has 0 saturated carbocycles. The predicted molar refractivity (Wildman–Crippen MR) is 66.3 cm³/mol. The van der Waals surface area contributed by atoms with Gasteiger partial charge in [0.25, 0.3) is 0 Å². The Kier molecular flexibility index (Phi) is 2.99. The van der Waals surface area contributed by atoms with Crippen molar-refractivity contribution in [3.05, 3.63) is 35.8 Å². The topological polar surface area (TPSA) is 4.93 Å². The quantitative estimate of drug-likeness (QED) is 0.718. The molecule has 0 aliphatic carbocycles. The molecule has 1 heterocycles. The van der Waals surface area contributed by atoms with E-state index in [-0.39, 0.29) is 5.82 Å². The first-order valence-electron chi connectivity index (χ1n) is 5.90. The van der Waals surface area contributed by atoms with E-state index in [4.69, 9.17) is 0 Å². The minimum absolute atomic E-state index is 0.156. The van der Waals surface area contributed by atoms with E-state index in [0.717, 1.165) is 22.9 Å². The van der Waals surface area contributed by atoms with Crippen LogP contribution in [0.2, 0.25) is 0 Å². The molecule has 2 aromatic rings. The SMILES string of the molecule is CCCC(C)n1cc(C)c2cc(F)ccc21. The smallest absolute Gasteiger partial charge is 0.123 e. The van der Waals surface area contributed by atoms with Crippen molar-refractivity contribution in [2.45, 2.75) is 39.7 Å². The Morgan fingerprint density at radius 3 is 2.81 bits per heavy atom. The summed E-state index contributed by atoms with van der Waals surface area (Å²) in [4.78, 5) is 0. The molecule has 0 amide bonds. The molecule has 2 heteroatoms. The highest BCUT2D eigenvalue weighted by Crippen LogP contribution is 2.26. The third-order valence-electron chi connectivity index (χ3n) is 3.18. The van der Waals surface area contributed by atoms with Gasteiger partial charge in [-0.3, -0.25) is 0 Å². The maximum Gasteiger partial charge on any atom is 0.123 e. The number of aromatic nitrogens is 1. The molecule has 16 heavy (non-hydrogen) atoms. The number of benzene rings is 1. The van der Waals surface area contributed by atoms with Crippen LogP contribution in [-0.2, 0) is 0 Å². The van der Waals surface area contributed by atoms with Gasteiger partial charge in [-0.2, -0.15) is 0 Å². The minimum atomic E-state index is -0.156. The summed E-state index contributed by atoms with van der Waals surface area (Å²) in [5.41, 5.74) is 2.29. The normalized spacial score (nSPS) is 13.2. The van der Waals surface area contributed by atoms with Crippen LogP contribution in [0, 0.1) is 12.7 Å². The molecule has 0 radical (unpaired) electrons. The van der Waals surface area contributed by atoms with Gasteiger partial charge in [-0.1, -0.05) is 13.3 Å². The average molecular weight is 219 g/mol. The number of halogens is 1. The van der Waals surface area contributed by atoms with Crippen LogP contribution in [0.3, 0.4) is 0 Å². The lowest BCUT2D eigenvalue weighted by Crippen LogP contribution is -2.02. The van der Waals surface area contributed by atoms with Crippen LogP contribution in [0.1, 0.15) is 38.3 Å². The van der Waals surface area contributed by atoms with Gasteiger partial charge in [-0.15, -0.1) is 0 Å². The highest BCUT2D eigenvalue weighted by Gasteiger charge is 2.10. The van der Waals surface area contributed by atoms with Crippen molar-refractivity contribution in [1.29, 1.82) is 0 Å². The average Bonchev–Trinajstić information content (AvgIpc) is 2.56. The maximum atomic E-state index is 13.2. The predicted octanol–water partition coefficient (Wildman–Crippen LogP) is 4.45. The molecule has 1 unspecified atom stereocenters. The standard InChI is InChI=1S/C14H18FN/c1-4-5-11(3)16-9-10(2)13-8-12(15)6-7-14(13)16/h6-9,11H,4-5H2,1-3H3. The number of hydrogen-bond donors (Lipinski definition) is 0. The van der Waals surface area contributed by atoms with Gasteiger partial charge in [0.2, 0.25) is 0 Å². The summed E-state index contributed by atoms with van der Waals surface area (Å²) in [6, 6.07) is 5.52. The number of aryl methyl sites for hydroxylation is 1. The number of fused-ring (bicyclic) bond motifs is 1. The maximum absolute atomic E-state index is 13.2. The van der Waals surface area contributed by atoms with Crippen molar-refractivity contribution in [2.24, 2.45) is 0 Å². The van der Waals surface area contributed by atoms with Gasteiger partial charge in [0.1, 0.15) is 5.82 Å². The first-order valence-corrected chi connectivity index (χ1v) is 5.90. The molecule has 0 spiro atoms. The molecule has 0 aliphatic heterocycles. The van der Waals surface area contributed by atoms with E-state index in [1.807, 2.05) is 13.0 Å². The van der Waals surface area contributed by atoms with Crippen LogP contribution >= 0.6 is 0 Å². The van der Waals surface area contributed by atoms with Crippen molar-refractivity contribution in [3.8, 4) is 0 Å². The van der Waals surface area contributed by atoms with E-state index >= 15 is 0 Å². The molecule has 1 nitrogen and oxygen atoms in total. The highest BCUT2D eigenvalue weighted by atomic mass is 19.1. The second kappa shape index (κ2) is 4.28. The summed E-state index contributed by atoms with van der Waals surface area (Å²) in [6.07, 6.45) is 4.45. The zero-order valence-corrected chi connectivity index (χ0v) is 10.1. The Balaban J connectivity index is 2.55. The summed E-state index contributed by atoms with van der Waals surface area (Å²) in [6.45, 7) is 6.44. The fraction of sp³-hybridized carbons (Fsp3) is 0.429. The van der Waals surface area contributed by atoms with Crippen molar-refractivity contribution in [3.63, 3.8) is 0 Å². The van der Waals surface area contributed by atoms with Crippen molar-refractivity contribution in [2.75, 3.05) is 0 Å². The van der Waals surface area contributed by atoms with Crippen molar-refractivity contribution >= 4 is 10.9 Å². The monoisotopic (exact) mass is 219 g/mol. The van der Waals surface area contributed by atoms with E-state index in [2.05, 4.69) is 24.6 Å². The number of hydrogen-bond acceptors (Lipinski definition) is 0. The van der Waals surface area contributed by atoms with Gasteiger partial charge in [-0.25, -0.2) is 4.39 Å². The number of rotatable bonds is 3. The molecular weight excluding hydrogens is 201 g/mol. The molecule has 0 fully saturated rings. The van der Waals surface area contributed by atoms with Crippen molar-refractivity contribution in [1.82, 2.24) is 4.57 Å². The van der Waals surface area contributed by atoms with Gasteiger partial charge in [-0.05, 0) is 44.0 Å². The van der Waals surface area contributed by atoms with Crippen LogP contribution in [0.4, 0.5) is 4.39 Å². The lowest BCUT2D eigenvalue weighted by atomic mass is 10.2. The molecule has 1 aromatic heterocycles. The summed E-state index contributed by atoms with van der Waals surface area (Å²) in [5, 5.41) is 1.03. The first kappa shape index (κ1) is 11.2. The Morgan fingerprint density at radius 2 is 2.12 bits per heavy atom. The molecule has 0 aliphatic rings. The van der Waals surface area contributed by atoms with Gasteiger partial charge in [0.05, 0.1) is 0 Å². The van der Waals surface area contributed by atoms with Gasteiger partial charge in [0, 0.05) is 23.1 Å². The molecular formula is C14H18FN. The molecule has 2 rings (SSSR count). The van der Waals surface area contributed by atoms with Gasteiger partial charge < -0.3 is 4.57 Å². The fourth-order valence-corrected chi connectivity index (χ4v) is 2.32. The lowest BCUT2D eigenvalue weighted by molar-refractivity contribution is 0.514. The van der Waals surface area contributed by atoms with E-state index in [9.17, 15) is 4.39 Å². The summed E-state index contributed by atoms with van der Waals surface area (Å²) < 4.78 is 15.4. The largest absolute Gasteiger partial charge is 0.344 e. The summed E-state index contributed by atoms with van der Waals surface area (Å²) in [7, 11) is 0. The molecule has 0 saturated heterocycles. The Labute approximate surface area is 95.9 Å². The fourth-order valence-electron chi connectivity index (χ4n) is 2.32. The zero-order chi connectivity index (χ0) is 11.7. The molecule has 1 aromatic carbocycles. The van der Waals surface area contributed by atoms with Gasteiger partial charge in [0.15, 0.2) is 0 Å². The molecule has 1 atom stereocenters. The minimum Gasteiger partial charge on any atom is -0.344 e. The zero-order valence-electron chi connectivity index (χ0n) is 10.1. The first-order chi connectivity index (χ1) is 7.63. The summed E-state index contributed by atoms with van der Waals surface area (Å²) >= 11 is 0. The Bertz CT molecular complexity index is 499. The number of nitrogens with zero attached hydrogens (tertiary/aromatic N) is 1. The van der Waals surface area contributed by atoms with E-state index in [0.29, 0.717) is 6.04 Å². The van der Waals surface area contributed by atoms with E-state index < -0.39 is 0 Å². The third-order valence-corrected chi connectivity index (χ3v) is 3.18. The molecule has 0 N–H and O–H groups in total. The second-order valence-electron chi connectivity index (χ2n) is 4.52. The van der Waals surface area contributed by atoms with Crippen LogP contribution in [0.5, 0.6) is 0 Å². The highest BCUT2D eigenvalue weighted by molar-refractivity contribution is 5.83. The van der Waals surface area contributed by atoms with Crippen molar-refractivity contribution < 1.29 is 4.39 Å². The Morgan fingerprint density at radius 1 is 1.38 bits per heavy atom. The van der Waals surface area contributed by atoms with Gasteiger partial charge >= 0.3 is 0 Å². The third kappa shape index (κ3) is 1.84. The second-order valence-corrected chi connectivity index (χ2v) is 4.52. The lowest BCUT2D eigenvalue weighted by Gasteiger charge is -2.14.